The Hall–Kier alpha value is -3.66. The molecule has 178 valence electrons. The van der Waals surface area contributed by atoms with E-state index in [0.717, 1.165) is 17.4 Å². The molecule has 2 aliphatic heterocycles. The Balaban J connectivity index is 0.00000289. The molecule has 0 atom stereocenters. The summed E-state index contributed by atoms with van der Waals surface area (Å²) in [5.41, 5.74) is 3.26. The van der Waals surface area contributed by atoms with Crippen LogP contribution in [0.2, 0.25) is 0 Å². The number of anilines is 4. The fraction of sp³-hybridized carbons (Fsp3) is 0.154. The summed E-state index contributed by atoms with van der Waals surface area (Å²) < 4.78 is 29.5. The molecule has 0 aliphatic carbocycles. The predicted molar refractivity (Wildman–Crippen MR) is 125 cm³/mol. The summed E-state index contributed by atoms with van der Waals surface area (Å²) in [5.74, 6) is -1.36. The Morgan fingerprint density at radius 3 is 1.40 bits per heavy atom. The zero-order chi connectivity index (χ0) is 23.7. The molecule has 2 heterocycles. The van der Waals surface area contributed by atoms with Gasteiger partial charge in [0.1, 0.15) is 0 Å². The third-order valence-corrected chi connectivity index (χ3v) is 5.89. The van der Waals surface area contributed by atoms with Crippen LogP contribution in [0, 0.1) is 53.7 Å². The average Bonchev–Trinajstić information content (AvgIpc) is 3.55. The van der Waals surface area contributed by atoms with E-state index in [9.17, 15) is 8.78 Å². The van der Waals surface area contributed by atoms with Crippen LogP contribution in [0.1, 0.15) is 11.1 Å². The maximum absolute atomic E-state index is 14.8. The number of nitriles is 2. The molecular formula is C26H19F2N6Os-3. The van der Waals surface area contributed by atoms with Crippen molar-refractivity contribution in [3.05, 3.63) is 96.8 Å². The van der Waals surface area contributed by atoms with Gasteiger partial charge >= 0.3 is 0 Å². The third-order valence-electron chi connectivity index (χ3n) is 5.89. The Bertz CT molecular complexity index is 1190. The van der Waals surface area contributed by atoms with E-state index in [4.69, 9.17) is 10.5 Å². The van der Waals surface area contributed by atoms with Gasteiger partial charge in [-0.15, -0.1) is 6.07 Å². The molecule has 5 rings (SSSR count). The van der Waals surface area contributed by atoms with E-state index in [1.54, 1.807) is 47.4 Å². The fourth-order valence-electron chi connectivity index (χ4n) is 4.08. The Morgan fingerprint density at radius 2 is 1.03 bits per heavy atom. The summed E-state index contributed by atoms with van der Waals surface area (Å²) in [6, 6.07) is 22.3. The third kappa shape index (κ3) is 4.92. The van der Waals surface area contributed by atoms with Crippen molar-refractivity contribution in [2.24, 2.45) is 0 Å². The SMILES string of the molecule is N#Cc1ccc(N2[CH-]N(c3[c-]c(N4[CH-]N(c5ccc(C#N)cc5)CC4)c(F)cc3F)CC2)cc1.[Os]. The van der Waals surface area contributed by atoms with E-state index < -0.39 is 11.6 Å². The van der Waals surface area contributed by atoms with Crippen LogP contribution in [0.5, 0.6) is 0 Å². The van der Waals surface area contributed by atoms with Crippen molar-refractivity contribution in [3.8, 4) is 12.1 Å². The van der Waals surface area contributed by atoms with Crippen molar-refractivity contribution in [2.45, 2.75) is 0 Å². The van der Waals surface area contributed by atoms with Gasteiger partial charge in [-0.2, -0.15) is 23.9 Å². The molecule has 0 saturated carbocycles. The van der Waals surface area contributed by atoms with Gasteiger partial charge in [-0.05, 0) is 48.5 Å². The summed E-state index contributed by atoms with van der Waals surface area (Å²) in [4.78, 5) is 7.33. The van der Waals surface area contributed by atoms with Crippen molar-refractivity contribution in [2.75, 3.05) is 45.8 Å². The Morgan fingerprint density at radius 1 is 0.657 bits per heavy atom. The summed E-state index contributed by atoms with van der Waals surface area (Å²) in [6.07, 6.45) is 0. The van der Waals surface area contributed by atoms with Gasteiger partial charge in [-0.3, -0.25) is 8.78 Å². The maximum atomic E-state index is 14.8. The molecule has 0 spiro atoms. The molecule has 2 saturated heterocycles. The number of benzene rings is 3. The van der Waals surface area contributed by atoms with Crippen LogP contribution in [0.3, 0.4) is 0 Å². The molecule has 3 aromatic carbocycles. The van der Waals surface area contributed by atoms with Crippen LogP contribution in [0.4, 0.5) is 31.5 Å². The first kappa shape index (κ1) is 24.5. The second-order valence-corrected chi connectivity index (χ2v) is 7.98. The molecule has 0 N–H and O–H groups in total. The molecule has 2 aliphatic rings. The van der Waals surface area contributed by atoms with E-state index in [2.05, 4.69) is 18.2 Å². The van der Waals surface area contributed by atoms with Gasteiger partial charge in [0.25, 0.3) is 0 Å². The number of hydrogen-bond acceptors (Lipinski definition) is 6. The van der Waals surface area contributed by atoms with Gasteiger partial charge < -0.3 is 19.6 Å². The quantitative estimate of drug-likeness (QED) is 0.393. The molecule has 3 aromatic rings. The van der Waals surface area contributed by atoms with Crippen LogP contribution in [0.15, 0.2) is 54.6 Å². The molecular weight excluding hydrogens is 625 g/mol. The Labute approximate surface area is 216 Å². The van der Waals surface area contributed by atoms with Gasteiger partial charge in [0, 0.05) is 69.0 Å². The zero-order valence-corrected chi connectivity index (χ0v) is 21.0. The smallest absolute Gasteiger partial charge is 0.0991 e. The van der Waals surface area contributed by atoms with Crippen molar-refractivity contribution in [1.29, 1.82) is 10.5 Å². The Kier molecular flexibility index (Phi) is 7.20. The van der Waals surface area contributed by atoms with Crippen molar-refractivity contribution >= 4 is 22.7 Å². The van der Waals surface area contributed by atoms with Crippen molar-refractivity contribution in [1.82, 2.24) is 0 Å². The first-order valence-electron chi connectivity index (χ1n) is 10.7. The minimum Gasteiger partial charge on any atom is -0.520 e. The molecule has 0 aromatic heterocycles. The largest absolute Gasteiger partial charge is 0.520 e. The summed E-state index contributed by atoms with van der Waals surface area (Å²) >= 11 is 0. The summed E-state index contributed by atoms with van der Waals surface area (Å²) in [7, 11) is 0. The first-order chi connectivity index (χ1) is 16.6. The molecule has 9 heteroatoms. The van der Waals surface area contributed by atoms with Crippen LogP contribution in [-0.4, -0.2) is 26.2 Å². The molecule has 2 fully saturated rings. The first-order valence-corrected chi connectivity index (χ1v) is 10.7. The van der Waals surface area contributed by atoms with E-state index in [1.165, 1.54) is 0 Å². The number of rotatable bonds is 4. The summed E-state index contributed by atoms with van der Waals surface area (Å²) in [5, 5.41) is 18.0. The normalized spacial score (nSPS) is 15.1. The van der Waals surface area contributed by atoms with Gasteiger partial charge in [-0.1, -0.05) is 17.4 Å². The van der Waals surface area contributed by atoms with E-state index in [1.807, 2.05) is 34.1 Å². The number of hydrogen-bond donors (Lipinski definition) is 0. The van der Waals surface area contributed by atoms with Crippen LogP contribution in [-0.2, 0) is 19.8 Å². The summed E-state index contributed by atoms with van der Waals surface area (Å²) in [6.45, 7) is 5.81. The molecule has 6 nitrogen and oxygen atoms in total. The number of nitrogens with zero attached hydrogens (tertiary/aromatic N) is 6. The monoisotopic (exact) mass is 645 g/mol. The molecule has 0 bridgehead atoms. The molecule has 0 unspecified atom stereocenters. The van der Waals surface area contributed by atoms with E-state index >= 15 is 0 Å². The fourth-order valence-corrected chi connectivity index (χ4v) is 4.08. The van der Waals surface area contributed by atoms with Crippen molar-refractivity contribution in [3.63, 3.8) is 0 Å². The molecule has 0 amide bonds. The van der Waals surface area contributed by atoms with Crippen LogP contribution in [0.25, 0.3) is 0 Å². The van der Waals surface area contributed by atoms with Gasteiger partial charge in [-0.25, -0.2) is 0 Å². The van der Waals surface area contributed by atoms with Crippen molar-refractivity contribution < 1.29 is 28.6 Å². The predicted octanol–water partition coefficient (Wildman–Crippen LogP) is 4.40. The minimum absolute atomic E-state index is 0. The number of halogens is 2. The topological polar surface area (TPSA) is 60.5 Å². The standard InChI is InChI=1S/C26H19F2N6.Os/c27-23-13-24(28)26(34-12-10-32(18-34)22-7-3-20(16-30)4-8-22)14-25(23)33-11-9-31(17-33)21-5-1-19(15-29)2-6-21;/h1-8,13,17-18H,9-12H2;/q-3;. The van der Waals surface area contributed by atoms with Gasteiger partial charge in [0.05, 0.1) is 23.3 Å². The maximum Gasteiger partial charge on any atom is 0.0991 e. The molecule has 0 radical (unpaired) electrons. The van der Waals surface area contributed by atoms with Crippen LogP contribution < -0.4 is 19.6 Å². The van der Waals surface area contributed by atoms with E-state index in [0.29, 0.717) is 37.3 Å². The van der Waals surface area contributed by atoms with Crippen LogP contribution >= 0.6 is 0 Å². The average molecular weight is 644 g/mol. The second kappa shape index (κ2) is 10.3. The van der Waals surface area contributed by atoms with Gasteiger partial charge in [0.2, 0.25) is 0 Å². The van der Waals surface area contributed by atoms with Gasteiger partial charge in [0.15, 0.2) is 0 Å². The minimum atomic E-state index is -0.678. The zero-order valence-electron chi connectivity index (χ0n) is 18.5. The van der Waals surface area contributed by atoms with E-state index in [-0.39, 0.29) is 31.2 Å². The molecule has 35 heavy (non-hydrogen) atoms. The second-order valence-electron chi connectivity index (χ2n) is 7.98.